The number of primary amides is 1. The van der Waals surface area contributed by atoms with E-state index in [1.54, 1.807) is 18.3 Å². The number of nitrogens with zero attached hydrogens (tertiary/aromatic N) is 2. The number of anilines is 1. The van der Waals surface area contributed by atoms with Crippen LogP contribution in [0.2, 0.25) is 0 Å². The Morgan fingerprint density at radius 2 is 2.11 bits per heavy atom. The van der Waals surface area contributed by atoms with Crippen molar-refractivity contribution in [2.45, 2.75) is 0 Å². The summed E-state index contributed by atoms with van der Waals surface area (Å²) in [6.07, 6.45) is 3.07. The van der Waals surface area contributed by atoms with Crippen LogP contribution in [0.4, 0.5) is 5.69 Å². The van der Waals surface area contributed by atoms with E-state index in [4.69, 9.17) is 11.5 Å². The Morgan fingerprint density at radius 1 is 1.26 bits per heavy atom. The van der Waals surface area contributed by atoms with Crippen molar-refractivity contribution in [3.63, 3.8) is 0 Å². The first kappa shape index (κ1) is 11.6. The molecule has 94 valence electrons. The van der Waals surface area contributed by atoms with E-state index in [0.29, 0.717) is 16.8 Å². The molecule has 1 aromatic carbocycles. The highest BCUT2D eigenvalue weighted by atomic mass is 32.1. The predicted molar refractivity (Wildman–Crippen MR) is 75.8 cm³/mol. The lowest BCUT2D eigenvalue weighted by molar-refractivity contribution is 0.100. The van der Waals surface area contributed by atoms with E-state index < -0.39 is 5.91 Å². The number of aromatic nitrogens is 2. The third kappa shape index (κ3) is 2.02. The average molecular weight is 270 g/mol. The van der Waals surface area contributed by atoms with Crippen molar-refractivity contribution in [3.8, 4) is 10.6 Å². The van der Waals surface area contributed by atoms with Gasteiger partial charge in [0, 0.05) is 23.6 Å². The third-order valence-corrected chi connectivity index (χ3v) is 3.78. The molecule has 0 radical (unpaired) electrons. The van der Waals surface area contributed by atoms with Gasteiger partial charge in [-0.2, -0.15) is 0 Å². The first-order chi connectivity index (χ1) is 9.15. The molecule has 1 amide bonds. The molecule has 0 aliphatic carbocycles. The molecule has 19 heavy (non-hydrogen) atoms. The van der Waals surface area contributed by atoms with E-state index in [1.807, 2.05) is 12.1 Å². The van der Waals surface area contributed by atoms with Crippen LogP contribution >= 0.6 is 11.3 Å². The van der Waals surface area contributed by atoms with E-state index in [2.05, 4.69) is 9.97 Å². The van der Waals surface area contributed by atoms with Gasteiger partial charge in [-0.1, -0.05) is 0 Å². The van der Waals surface area contributed by atoms with Gasteiger partial charge < -0.3 is 11.5 Å². The summed E-state index contributed by atoms with van der Waals surface area (Å²) in [7, 11) is 0. The number of rotatable bonds is 2. The Balaban J connectivity index is 2.22. The number of benzene rings is 1. The molecule has 0 unspecified atom stereocenters. The first-order valence-corrected chi connectivity index (χ1v) is 6.37. The molecule has 4 N–H and O–H groups in total. The number of nitrogen functional groups attached to an aromatic ring is 1. The zero-order chi connectivity index (χ0) is 13.4. The number of carbonyl (C=O) groups excluding carboxylic acids is 1. The molecule has 2 aromatic heterocycles. The van der Waals surface area contributed by atoms with Crippen LogP contribution in [0.5, 0.6) is 0 Å². The summed E-state index contributed by atoms with van der Waals surface area (Å²) < 4.78 is 0.974. The molecular weight excluding hydrogens is 260 g/mol. The number of nitrogens with two attached hydrogens (primary N) is 2. The maximum absolute atomic E-state index is 11.4. The second kappa shape index (κ2) is 4.33. The van der Waals surface area contributed by atoms with Gasteiger partial charge in [-0.3, -0.25) is 9.78 Å². The highest BCUT2D eigenvalue weighted by Gasteiger charge is 2.13. The monoisotopic (exact) mass is 270 g/mol. The summed E-state index contributed by atoms with van der Waals surface area (Å²) in [5.74, 6) is -0.512. The van der Waals surface area contributed by atoms with Gasteiger partial charge in [-0.25, -0.2) is 4.98 Å². The quantitative estimate of drug-likeness (QED) is 0.696. The van der Waals surface area contributed by atoms with Crippen LogP contribution in [-0.2, 0) is 0 Å². The molecule has 5 nitrogen and oxygen atoms in total. The molecule has 3 rings (SSSR count). The minimum atomic E-state index is -0.512. The Kier molecular flexibility index (Phi) is 2.64. The Morgan fingerprint density at radius 3 is 2.89 bits per heavy atom. The van der Waals surface area contributed by atoms with Crippen molar-refractivity contribution < 1.29 is 4.79 Å². The Hall–Kier alpha value is -2.47. The first-order valence-electron chi connectivity index (χ1n) is 5.55. The lowest BCUT2D eigenvalue weighted by Gasteiger charge is -2.01. The molecule has 0 atom stereocenters. The molecule has 0 fully saturated rings. The molecule has 0 aliphatic heterocycles. The number of thiazole rings is 1. The molecule has 0 aliphatic rings. The lowest BCUT2D eigenvalue weighted by atomic mass is 10.1. The van der Waals surface area contributed by atoms with Gasteiger partial charge >= 0.3 is 0 Å². The molecule has 0 saturated carbocycles. The average Bonchev–Trinajstić information content (AvgIpc) is 2.81. The Labute approximate surface area is 112 Å². The van der Waals surface area contributed by atoms with Crippen molar-refractivity contribution in [3.05, 3.63) is 42.2 Å². The van der Waals surface area contributed by atoms with Gasteiger partial charge in [-0.05, 0) is 24.3 Å². The topological polar surface area (TPSA) is 94.9 Å². The van der Waals surface area contributed by atoms with Crippen molar-refractivity contribution in [1.82, 2.24) is 9.97 Å². The maximum atomic E-state index is 11.4. The molecule has 0 saturated heterocycles. The third-order valence-electron chi connectivity index (χ3n) is 2.73. The number of hydrogen-bond acceptors (Lipinski definition) is 5. The van der Waals surface area contributed by atoms with Crippen LogP contribution < -0.4 is 11.5 Å². The van der Waals surface area contributed by atoms with Gasteiger partial charge in [-0.15, -0.1) is 11.3 Å². The van der Waals surface area contributed by atoms with Crippen LogP contribution in [-0.4, -0.2) is 15.9 Å². The number of amides is 1. The largest absolute Gasteiger partial charge is 0.399 e. The minimum Gasteiger partial charge on any atom is -0.399 e. The van der Waals surface area contributed by atoms with E-state index in [0.717, 1.165) is 15.2 Å². The van der Waals surface area contributed by atoms with Gasteiger partial charge in [0.15, 0.2) is 0 Å². The number of hydrogen-bond donors (Lipinski definition) is 2. The summed E-state index contributed by atoms with van der Waals surface area (Å²) in [4.78, 5) is 19.8. The fraction of sp³-hybridized carbons (Fsp3) is 0. The fourth-order valence-electron chi connectivity index (χ4n) is 1.83. The summed E-state index contributed by atoms with van der Waals surface area (Å²) in [6.45, 7) is 0. The summed E-state index contributed by atoms with van der Waals surface area (Å²) in [5.41, 5.74) is 13.7. The lowest BCUT2D eigenvalue weighted by Crippen LogP contribution is -2.12. The number of fused-ring (bicyclic) bond motifs is 1. The number of carbonyl (C=O) groups is 1. The zero-order valence-corrected chi connectivity index (χ0v) is 10.6. The van der Waals surface area contributed by atoms with Gasteiger partial charge in [0.25, 0.3) is 5.91 Å². The van der Waals surface area contributed by atoms with Crippen LogP contribution in [0.15, 0.2) is 36.7 Å². The SMILES string of the molecule is NC(=O)c1cnccc1-c1nc2ccc(N)cc2s1. The van der Waals surface area contributed by atoms with Gasteiger partial charge in [0.1, 0.15) is 5.01 Å². The predicted octanol–water partition coefficient (Wildman–Crippen LogP) is 2.04. The summed E-state index contributed by atoms with van der Waals surface area (Å²) >= 11 is 1.47. The summed E-state index contributed by atoms with van der Waals surface area (Å²) in [6, 6.07) is 7.26. The van der Waals surface area contributed by atoms with Crippen molar-refractivity contribution in [2.24, 2.45) is 5.73 Å². The highest BCUT2D eigenvalue weighted by molar-refractivity contribution is 7.21. The maximum Gasteiger partial charge on any atom is 0.250 e. The van der Waals surface area contributed by atoms with Crippen LogP contribution in [0, 0.1) is 0 Å². The fourth-order valence-corrected chi connectivity index (χ4v) is 2.89. The van der Waals surface area contributed by atoms with Crippen molar-refractivity contribution in [1.29, 1.82) is 0 Å². The standard InChI is InChI=1S/C13H10N4OS/c14-7-1-2-10-11(5-7)19-13(17-10)8-3-4-16-6-9(8)12(15)18/h1-6H,14H2,(H2,15,18). The van der Waals surface area contributed by atoms with E-state index in [-0.39, 0.29) is 0 Å². The minimum absolute atomic E-state index is 0.370. The normalized spacial score (nSPS) is 10.7. The molecule has 6 heteroatoms. The van der Waals surface area contributed by atoms with E-state index in [1.165, 1.54) is 17.5 Å². The molecule has 3 aromatic rings. The van der Waals surface area contributed by atoms with Crippen LogP contribution in [0.1, 0.15) is 10.4 Å². The van der Waals surface area contributed by atoms with E-state index >= 15 is 0 Å². The van der Waals surface area contributed by atoms with Gasteiger partial charge in [0.2, 0.25) is 0 Å². The zero-order valence-electron chi connectivity index (χ0n) is 9.83. The Bertz CT molecular complexity index is 781. The number of pyridine rings is 1. The molecule has 0 bridgehead atoms. The van der Waals surface area contributed by atoms with Crippen LogP contribution in [0.25, 0.3) is 20.8 Å². The van der Waals surface area contributed by atoms with E-state index in [9.17, 15) is 4.79 Å². The highest BCUT2D eigenvalue weighted by Crippen LogP contribution is 2.32. The van der Waals surface area contributed by atoms with Gasteiger partial charge in [0.05, 0.1) is 15.8 Å². The van der Waals surface area contributed by atoms with Crippen LogP contribution in [0.3, 0.4) is 0 Å². The smallest absolute Gasteiger partial charge is 0.250 e. The van der Waals surface area contributed by atoms with Crippen molar-refractivity contribution >= 4 is 33.1 Å². The molecular formula is C13H10N4OS. The second-order valence-electron chi connectivity index (χ2n) is 4.03. The second-order valence-corrected chi connectivity index (χ2v) is 5.06. The van der Waals surface area contributed by atoms with Crippen molar-refractivity contribution in [2.75, 3.05) is 5.73 Å². The summed E-state index contributed by atoms with van der Waals surface area (Å²) in [5, 5.41) is 0.733. The molecule has 2 heterocycles. The molecule has 0 spiro atoms.